The first-order valence-corrected chi connectivity index (χ1v) is 3.58. The summed E-state index contributed by atoms with van der Waals surface area (Å²) in [4.78, 5) is 32.2. The number of imide groups is 3. The van der Waals surface area contributed by atoms with Crippen molar-refractivity contribution >= 4 is 18.7 Å². The summed E-state index contributed by atoms with van der Waals surface area (Å²) in [7, 11) is 0. The molecule has 0 radical (unpaired) electrons. The van der Waals surface area contributed by atoms with E-state index in [0.717, 1.165) is 0 Å². The topological polar surface area (TPSA) is 54.5 Å². The molecule has 0 N–H and O–H groups in total. The third kappa shape index (κ3) is 1.99. The van der Waals surface area contributed by atoms with Crippen LogP contribution in [-0.2, 0) is 9.59 Å². The van der Waals surface area contributed by atoms with Gasteiger partial charge in [0.15, 0.2) is 0 Å². The summed E-state index contributed by atoms with van der Waals surface area (Å²) in [6.07, 6.45) is 0.366. The van der Waals surface area contributed by atoms with Crippen molar-refractivity contribution in [3.63, 3.8) is 0 Å². The summed E-state index contributed by atoms with van der Waals surface area (Å²) < 4.78 is 0. The molecule has 0 saturated heterocycles. The number of carbonyl (C=O) groups is 3. The predicted molar refractivity (Wildman–Crippen MR) is 44.7 cm³/mol. The number of rotatable bonds is 3. The first kappa shape index (κ1) is 9.12. The molecule has 0 unspecified atom stereocenters. The molecule has 0 aliphatic carbocycles. The summed E-state index contributed by atoms with van der Waals surface area (Å²) in [5.74, 6) is -0.620. The fraction of sp³-hybridized carbons (Fsp3) is 0. The van der Waals surface area contributed by atoms with Crippen molar-refractivity contribution in [1.82, 2.24) is 4.90 Å². The van der Waals surface area contributed by atoms with E-state index in [4.69, 9.17) is 0 Å². The molecule has 1 aromatic rings. The Labute approximate surface area is 74.8 Å². The lowest BCUT2D eigenvalue weighted by Crippen LogP contribution is -2.27. The maximum Gasteiger partial charge on any atom is 0.266 e. The summed E-state index contributed by atoms with van der Waals surface area (Å²) >= 11 is 0. The van der Waals surface area contributed by atoms with Gasteiger partial charge in [0.2, 0.25) is 12.8 Å². The fourth-order valence-corrected chi connectivity index (χ4v) is 0.850. The van der Waals surface area contributed by atoms with Crippen molar-refractivity contribution in [2.75, 3.05) is 0 Å². The normalized spacial score (nSPS) is 8.92. The van der Waals surface area contributed by atoms with Gasteiger partial charge in [-0.2, -0.15) is 0 Å². The highest BCUT2D eigenvalue weighted by Gasteiger charge is 2.12. The Balaban J connectivity index is 2.90. The molecule has 1 aromatic carbocycles. The van der Waals surface area contributed by atoms with Gasteiger partial charge < -0.3 is 0 Å². The molecule has 0 aromatic heterocycles. The zero-order valence-electron chi connectivity index (χ0n) is 6.71. The van der Waals surface area contributed by atoms with Gasteiger partial charge in [-0.3, -0.25) is 14.4 Å². The Kier molecular flexibility index (Phi) is 2.92. The molecule has 0 heterocycles. The van der Waals surface area contributed by atoms with Crippen LogP contribution in [0.2, 0.25) is 0 Å². The minimum absolute atomic E-state index is 0.183. The minimum atomic E-state index is -0.620. The summed E-state index contributed by atoms with van der Waals surface area (Å²) in [6, 6.07) is 8.11. The highest BCUT2D eigenvalue weighted by atomic mass is 16.2. The minimum Gasteiger partial charge on any atom is -0.278 e. The molecule has 0 spiro atoms. The van der Waals surface area contributed by atoms with Crippen molar-refractivity contribution in [2.24, 2.45) is 0 Å². The van der Waals surface area contributed by atoms with Crippen molar-refractivity contribution in [3.8, 4) is 0 Å². The van der Waals surface area contributed by atoms with E-state index in [1.165, 1.54) is 12.1 Å². The van der Waals surface area contributed by atoms with Gasteiger partial charge in [-0.25, -0.2) is 4.90 Å². The lowest BCUT2D eigenvalue weighted by Gasteiger charge is -2.05. The lowest BCUT2D eigenvalue weighted by atomic mass is 10.2. The smallest absolute Gasteiger partial charge is 0.266 e. The summed E-state index contributed by atoms with van der Waals surface area (Å²) in [6.45, 7) is 0. The SMILES string of the molecule is O=CN(C=O)C(=O)c1ccccc1. The quantitative estimate of drug-likeness (QED) is 0.629. The molecule has 0 bridgehead atoms. The Morgan fingerprint density at radius 1 is 1.08 bits per heavy atom. The van der Waals surface area contributed by atoms with Crippen LogP contribution in [0.5, 0.6) is 0 Å². The molecule has 0 atom stereocenters. The number of benzene rings is 1. The first-order valence-electron chi connectivity index (χ1n) is 3.58. The number of amides is 3. The van der Waals surface area contributed by atoms with Crippen molar-refractivity contribution < 1.29 is 14.4 Å². The van der Waals surface area contributed by atoms with Crippen LogP contribution in [0.25, 0.3) is 0 Å². The Morgan fingerprint density at radius 3 is 2.08 bits per heavy atom. The number of carbonyl (C=O) groups excluding carboxylic acids is 3. The van der Waals surface area contributed by atoms with Gasteiger partial charge >= 0.3 is 0 Å². The molecule has 0 aliphatic heterocycles. The molecule has 13 heavy (non-hydrogen) atoms. The van der Waals surface area contributed by atoms with Crippen LogP contribution in [-0.4, -0.2) is 23.6 Å². The van der Waals surface area contributed by atoms with Crippen LogP contribution in [0.3, 0.4) is 0 Å². The van der Waals surface area contributed by atoms with Gasteiger partial charge in [-0.15, -0.1) is 0 Å². The Bertz CT molecular complexity index is 313. The van der Waals surface area contributed by atoms with E-state index in [0.29, 0.717) is 10.5 Å². The molecular weight excluding hydrogens is 170 g/mol. The molecule has 66 valence electrons. The molecule has 4 nitrogen and oxygen atoms in total. The average Bonchev–Trinajstić information content (AvgIpc) is 2.21. The van der Waals surface area contributed by atoms with Gasteiger partial charge in [0.25, 0.3) is 5.91 Å². The second kappa shape index (κ2) is 4.15. The van der Waals surface area contributed by atoms with E-state index in [2.05, 4.69) is 0 Å². The van der Waals surface area contributed by atoms with Crippen molar-refractivity contribution in [3.05, 3.63) is 35.9 Å². The van der Waals surface area contributed by atoms with Crippen LogP contribution in [0.4, 0.5) is 0 Å². The van der Waals surface area contributed by atoms with E-state index in [1.54, 1.807) is 18.2 Å². The van der Waals surface area contributed by atoms with E-state index in [9.17, 15) is 14.4 Å². The van der Waals surface area contributed by atoms with Gasteiger partial charge in [0, 0.05) is 5.56 Å². The zero-order valence-corrected chi connectivity index (χ0v) is 6.71. The number of hydrogen-bond acceptors (Lipinski definition) is 3. The second-order valence-electron chi connectivity index (χ2n) is 2.29. The largest absolute Gasteiger partial charge is 0.278 e. The maximum absolute atomic E-state index is 11.3. The summed E-state index contributed by atoms with van der Waals surface area (Å²) in [5, 5.41) is 0. The Hall–Kier alpha value is -1.97. The maximum atomic E-state index is 11.3. The molecule has 4 heteroatoms. The molecule has 1 rings (SSSR count). The van der Waals surface area contributed by atoms with Gasteiger partial charge in [0.1, 0.15) is 0 Å². The van der Waals surface area contributed by atoms with Crippen LogP contribution in [0, 0.1) is 0 Å². The standard InChI is InChI=1S/C9H7NO3/c11-6-10(7-12)9(13)8-4-2-1-3-5-8/h1-7H. The fourth-order valence-electron chi connectivity index (χ4n) is 0.850. The van der Waals surface area contributed by atoms with Gasteiger partial charge in [-0.05, 0) is 12.1 Å². The van der Waals surface area contributed by atoms with E-state index < -0.39 is 5.91 Å². The highest BCUT2D eigenvalue weighted by molar-refractivity contribution is 6.06. The van der Waals surface area contributed by atoms with E-state index >= 15 is 0 Å². The molecule has 3 amide bonds. The number of nitrogens with zero attached hydrogens (tertiary/aromatic N) is 1. The van der Waals surface area contributed by atoms with Crippen molar-refractivity contribution in [1.29, 1.82) is 0 Å². The third-order valence-electron chi connectivity index (χ3n) is 1.48. The van der Waals surface area contributed by atoms with Crippen LogP contribution < -0.4 is 0 Å². The lowest BCUT2D eigenvalue weighted by molar-refractivity contribution is -0.126. The van der Waals surface area contributed by atoms with Crippen LogP contribution >= 0.6 is 0 Å². The van der Waals surface area contributed by atoms with Crippen LogP contribution in [0.1, 0.15) is 10.4 Å². The third-order valence-corrected chi connectivity index (χ3v) is 1.48. The molecular formula is C9H7NO3. The summed E-state index contributed by atoms with van der Waals surface area (Å²) in [5.41, 5.74) is 0.307. The second-order valence-corrected chi connectivity index (χ2v) is 2.29. The molecule has 0 aliphatic rings. The first-order chi connectivity index (χ1) is 6.29. The van der Waals surface area contributed by atoms with Gasteiger partial charge in [0.05, 0.1) is 0 Å². The van der Waals surface area contributed by atoms with Crippen LogP contribution in [0.15, 0.2) is 30.3 Å². The molecule has 0 fully saturated rings. The number of hydrogen-bond donors (Lipinski definition) is 0. The highest BCUT2D eigenvalue weighted by Crippen LogP contribution is 2.01. The van der Waals surface area contributed by atoms with E-state index in [-0.39, 0.29) is 12.8 Å². The Morgan fingerprint density at radius 2 is 1.62 bits per heavy atom. The monoisotopic (exact) mass is 177 g/mol. The van der Waals surface area contributed by atoms with Gasteiger partial charge in [-0.1, -0.05) is 18.2 Å². The average molecular weight is 177 g/mol. The molecule has 0 saturated carbocycles. The predicted octanol–water partition coefficient (Wildman–Crippen LogP) is 0.442. The zero-order chi connectivity index (χ0) is 9.68. The van der Waals surface area contributed by atoms with Crippen molar-refractivity contribution in [2.45, 2.75) is 0 Å². The van der Waals surface area contributed by atoms with E-state index in [1.807, 2.05) is 0 Å².